The van der Waals surface area contributed by atoms with Gasteiger partial charge in [-0.2, -0.15) is 13.2 Å². The van der Waals surface area contributed by atoms with E-state index in [1.807, 2.05) is 0 Å². The fraction of sp³-hybridized carbons (Fsp3) is 0.382. The van der Waals surface area contributed by atoms with Crippen LogP contribution in [0, 0.1) is 5.82 Å². The molecule has 0 unspecified atom stereocenters. The Bertz CT molecular complexity index is 1590. The van der Waals surface area contributed by atoms with Crippen LogP contribution in [0.4, 0.5) is 17.6 Å². The standard InChI is InChI=1S/C34H35BrF4N2O6/c1-32(2,3)47-28(43)13-14-33(31(44)40-20-21-17-24(34(37,38)39)19-26(36)18-21)29(22-5-9-25(35)10-6-22)46-30(41-33)23-7-11-27(12-8-23)45-16-4-15-42/h5-12,17-19,29,42H,4,13-16,20H2,1-3H3,(H,40,44)/t29-,33-/m1/s1. The predicted octanol–water partition coefficient (Wildman–Crippen LogP) is 7.06. The monoisotopic (exact) mass is 722 g/mol. The van der Waals surface area contributed by atoms with Crippen molar-refractivity contribution in [3.8, 4) is 5.75 Å². The number of rotatable bonds is 12. The number of ether oxygens (including phenoxy) is 3. The summed E-state index contributed by atoms with van der Waals surface area (Å²) in [5.74, 6) is -1.82. The summed E-state index contributed by atoms with van der Waals surface area (Å²) in [7, 11) is 0. The third-order valence-corrected chi connectivity index (χ3v) is 7.60. The number of hydrogen-bond acceptors (Lipinski definition) is 7. The number of alkyl halides is 3. The van der Waals surface area contributed by atoms with E-state index in [0.717, 1.165) is 16.6 Å². The number of halogens is 5. The van der Waals surface area contributed by atoms with E-state index in [9.17, 15) is 27.2 Å². The molecule has 0 saturated heterocycles. The van der Waals surface area contributed by atoms with Gasteiger partial charge in [0.25, 0.3) is 5.91 Å². The van der Waals surface area contributed by atoms with Crippen LogP contribution in [-0.2, 0) is 31.8 Å². The molecule has 0 bridgehead atoms. The van der Waals surface area contributed by atoms with E-state index in [-0.39, 0.29) is 30.9 Å². The van der Waals surface area contributed by atoms with Crippen molar-refractivity contribution in [1.29, 1.82) is 0 Å². The van der Waals surface area contributed by atoms with Gasteiger partial charge in [-0.15, -0.1) is 0 Å². The minimum absolute atomic E-state index is 0.0175. The topological polar surface area (TPSA) is 106 Å². The number of nitrogens with one attached hydrogen (secondary N) is 1. The molecule has 252 valence electrons. The van der Waals surface area contributed by atoms with Crippen molar-refractivity contribution < 1.29 is 46.5 Å². The number of aliphatic hydroxyl groups excluding tert-OH is 1. The SMILES string of the molecule is CC(C)(C)OC(=O)CC[C@@]1(C(=O)NCc2cc(F)cc(C(F)(F)F)c2)N=C(c2ccc(OCCCO)cc2)O[C@@H]1c1ccc(Br)cc1. The van der Waals surface area contributed by atoms with E-state index in [4.69, 9.17) is 24.3 Å². The van der Waals surface area contributed by atoms with E-state index in [0.29, 0.717) is 36.0 Å². The molecule has 1 amide bonds. The van der Waals surface area contributed by atoms with Crippen LogP contribution in [0.2, 0.25) is 0 Å². The summed E-state index contributed by atoms with van der Waals surface area (Å²) < 4.78 is 72.5. The summed E-state index contributed by atoms with van der Waals surface area (Å²) in [5.41, 5.74) is -2.85. The highest BCUT2D eigenvalue weighted by molar-refractivity contribution is 9.10. The highest BCUT2D eigenvalue weighted by atomic mass is 79.9. The molecule has 3 aromatic carbocycles. The smallest absolute Gasteiger partial charge is 0.416 e. The second-order valence-electron chi connectivity index (χ2n) is 12.0. The lowest BCUT2D eigenvalue weighted by molar-refractivity contribution is -0.155. The Kier molecular flexibility index (Phi) is 11.3. The number of hydrogen-bond donors (Lipinski definition) is 2. The van der Waals surface area contributed by atoms with Gasteiger partial charge in [-0.3, -0.25) is 9.59 Å². The maximum Gasteiger partial charge on any atom is 0.416 e. The number of aliphatic imine (C=N–C) groups is 1. The van der Waals surface area contributed by atoms with Gasteiger partial charge in [-0.1, -0.05) is 28.1 Å². The summed E-state index contributed by atoms with van der Waals surface area (Å²) in [6.45, 7) is 4.96. The molecular formula is C34H35BrF4N2O6. The molecule has 1 aliphatic heterocycles. The normalized spacial score (nSPS) is 17.9. The highest BCUT2D eigenvalue weighted by Crippen LogP contribution is 2.44. The van der Waals surface area contributed by atoms with Crippen LogP contribution in [0.15, 0.2) is 76.2 Å². The average molecular weight is 724 g/mol. The fourth-order valence-corrected chi connectivity index (χ4v) is 5.21. The first-order chi connectivity index (χ1) is 22.1. The minimum Gasteiger partial charge on any atom is -0.494 e. The maximum atomic E-state index is 14.2. The molecule has 0 saturated carbocycles. The van der Waals surface area contributed by atoms with E-state index < -0.39 is 53.2 Å². The van der Waals surface area contributed by atoms with Gasteiger partial charge in [-0.25, -0.2) is 9.38 Å². The summed E-state index contributed by atoms with van der Waals surface area (Å²) in [5, 5.41) is 11.6. The number of nitrogens with zero attached hydrogens (tertiary/aromatic N) is 1. The highest BCUT2D eigenvalue weighted by Gasteiger charge is 2.53. The summed E-state index contributed by atoms with van der Waals surface area (Å²) in [4.78, 5) is 31.9. The zero-order valence-electron chi connectivity index (χ0n) is 26.0. The zero-order chi connectivity index (χ0) is 34.4. The lowest BCUT2D eigenvalue weighted by Gasteiger charge is -2.31. The van der Waals surface area contributed by atoms with Crippen LogP contribution < -0.4 is 10.1 Å². The predicted molar refractivity (Wildman–Crippen MR) is 169 cm³/mol. The van der Waals surface area contributed by atoms with Crippen molar-refractivity contribution >= 4 is 33.7 Å². The van der Waals surface area contributed by atoms with E-state index >= 15 is 0 Å². The molecule has 8 nitrogen and oxygen atoms in total. The van der Waals surface area contributed by atoms with Gasteiger partial charge in [0.05, 0.1) is 12.2 Å². The Morgan fingerprint density at radius 1 is 1.04 bits per heavy atom. The fourth-order valence-electron chi connectivity index (χ4n) is 4.94. The van der Waals surface area contributed by atoms with Crippen molar-refractivity contribution in [3.63, 3.8) is 0 Å². The first kappa shape index (κ1) is 35.9. The molecule has 1 aliphatic rings. The molecule has 0 fully saturated rings. The molecule has 0 spiro atoms. The third kappa shape index (κ3) is 9.54. The Morgan fingerprint density at radius 2 is 1.72 bits per heavy atom. The largest absolute Gasteiger partial charge is 0.494 e. The van der Waals surface area contributed by atoms with Crippen LogP contribution in [0.1, 0.15) is 68.4 Å². The second kappa shape index (κ2) is 14.8. The van der Waals surface area contributed by atoms with Crippen molar-refractivity contribution in [2.75, 3.05) is 13.2 Å². The molecular weight excluding hydrogens is 688 g/mol. The Balaban J connectivity index is 1.74. The van der Waals surface area contributed by atoms with Gasteiger partial charge >= 0.3 is 12.1 Å². The van der Waals surface area contributed by atoms with Crippen LogP contribution >= 0.6 is 15.9 Å². The summed E-state index contributed by atoms with van der Waals surface area (Å²) in [6, 6.07) is 15.7. The molecule has 2 atom stereocenters. The van der Waals surface area contributed by atoms with Gasteiger partial charge < -0.3 is 24.6 Å². The van der Waals surface area contributed by atoms with Gasteiger partial charge in [0.15, 0.2) is 11.6 Å². The first-order valence-electron chi connectivity index (χ1n) is 14.8. The quantitative estimate of drug-likeness (QED) is 0.118. The number of aliphatic hydroxyl groups is 1. The van der Waals surface area contributed by atoms with Crippen molar-refractivity contribution in [1.82, 2.24) is 5.32 Å². The van der Waals surface area contributed by atoms with E-state index in [1.54, 1.807) is 69.3 Å². The lowest BCUT2D eigenvalue weighted by atomic mass is 9.83. The number of amides is 1. The van der Waals surface area contributed by atoms with Gasteiger partial charge in [0.1, 0.15) is 17.2 Å². The molecule has 0 aliphatic carbocycles. The molecule has 13 heteroatoms. The number of benzene rings is 3. The Hall–Kier alpha value is -3.97. The summed E-state index contributed by atoms with van der Waals surface area (Å²) in [6.07, 6.45) is -5.83. The second-order valence-corrected chi connectivity index (χ2v) is 12.9. The van der Waals surface area contributed by atoms with Crippen LogP contribution in [0.3, 0.4) is 0 Å². The van der Waals surface area contributed by atoms with Crippen molar-refractivity contribution in [2.24, 2.45) is 4.99 Å². The van der Waals surface area contributed by atoms with Gasteiger partial charge in [-0.05, 0) is 92.9 Å². The first-order valence-corrected chi connectivity index (χ1v) is 15.6. The van der Waals surface area contributed by atoms with Crippen LogP contribution in [0.25, 0.3) is 0 Å². The summed E-state index contributed by atoms with van der Waals surface area (Å²) >= 11 is 3.40. The molecule has 0 aromatic heterocycles. The molecule has 1 heterocycles. The van der Waals surface area contributed by atoms with E-state index in [1.165, 1.54) is 0 Å². The van der Waals surface area contributed by atoms with Crippen molar-refractivity contribution in [2.45, 2.75) is 70.0 Å². The Labute approximate surface area is 278 Å². The number of carbonyl (C=O) groups excluding carboxylic acids is 2. The Morgan fingerprint density at radius 3 is 2.34 bits per heavy atom. The average Bonchev–Trinajstić information content (AvgIpc) is 3.39. The molecule has 0 radical (unpaired) electrons. The van der Waals surface area contributed by atoms with Gasteiger partial charge in [0.2, 0.25) is 5.90 Å². The lowest BCUT2D eigenvalue weighted by Crippen LogP contribution is -2.48. The molecule has 4 rings (SSSR count). The van der Waals surface area contributed by atoms with Crippen molar-refractivity contribution in [3.05, 3.63) is 99.3 Å². The number of esters is 1. The molecule has 3 aromatic rings. The molecule has 2 N–H and O–H groups in total. The molecule has 47 heavy (non-hydrogen) atoms. The maximum absolute atomic E-state index is 14.2. The third-order valence-electron chi connectivity index (χ3n) is 7.07. The minimum atomic E-state index is -4.79. The zero-order valence-corrected chi connectivity index (χ0v) is 27.6. The van der Waals surface area contributed by atoms with Gasteiger partial charge in [0, 0.05) is 36.0 Å². The number of carbonyl (C=O) groups is 2. The van der Waals surface area contributed by atoms with E-state index in [2.05, 4.69) is 21.2 Å². The van der Waals surface area contributed by atoms with Crippen LogP contribution in [0.5, 0.6) is 5.75 Å². The van der Waals surface area contributed by atoms with Crippen LogP contribution in [-0.4, -0.2) is 47.2 Å².